The van der Waals surface area contributed by atoms with E-state index >= 15 is 0 Å². The highest BCUT2D eigenvalue weighted by Gasteiger charge is 2.24. The highest BCUT2D eigenvalue weighted by molar-refractivity contribution is 6.30. The summed E-state index contributed by atoms with van der Waals surface area (Å²) in [6.45, 7) is 1.10. The maximum atomic E-state index is 6.09. The number of benzene rings is 2. The second-order valence-electron chi connectivity index (χ2n) is 5.65. The van der Waals surface area contributed by atoms with Gasteiger partial charge in [-0.1, -0.05) is 41.9 Å². The van der Waals surface area contributed by atoms with Gasteiger partial charge in [-0.25, -0.2) is 0 Å². The Kier molecular flexibility index (Phi) is 4.79. The summed E-state index contributed by atoms with van der Waals surface area (Å²) in [5.74, 6) is 0. The standard InChI is InChI=1S/C18H21ClN2/c19-15-7-4-6-14(12-15)13-18-17(10-5-11-20-18)21-16-8-2-1-3-9-16/h1-4,6-9,12,17-18,20-21H,5,10-11,13H2/t17-,18-/m0/s1. The Morgan fingerprint density at radius 3 is 2.76 bits per heavy atom. The van der Waals surface area contributed by atoms with Crippen molar-refractivity contribution in [1.82, 2.24) is 5.32 Å². The van der Waals surface area contributed by atoms with E-state index < -0.39 is 0 Å². The normalized spacial score (nSPS) is 22.0. The first kappa shape index (κ1) is 14.4. The molecule has 2 atom stereocenters. The Bertz CT molecular complexity index is 570. The zero-order valence-electron chi connectivity index (χ0n) is 12.1. The highest BCUT2D eigenvalue weighted by Crippen LogP contribution is 2.20. The van der Waals surface area contributed by atoms with E-state index in [1.165, 1.54) is 24.1 Å². The van der Waals surface area contributed by atoms with E-state index in [2.05, 4.69) is 47.0 Å². The zero-order chi connectivity index (χ0) is 14.5. The number of hydrogen-bond acceptors (Lipinski definition) is 2. The molecule has 21 heavy (non-hydrogen) atoms. The predicted octanol–water partition coefficient (Wildman–Crippen LogP) is 4.12. The summed E-state index contributed by atoms with van der Waals surface area (Å²) in [4.78, 5) is 0. The van der Waals surface area contributed by atoms with Crippen molar-refractivity contribution in [2.45, 2.75) is 31.3 Å². The van der Waals surface area contributed by atoms with E-state index in [0.29, 0.717) is 12.1 Å². The van der Waals surface area contributed by atoms with E-state index in [-0.39, 0.29) is 0 Å². The Labute approximate surface area is 131 Å². The van der Waals surface area contributed by atoms with Gasteiger partial charge < -0.3 is 10.6 Å². The molecule has 2 nitrogen and oxygen atoms in total. The van der Waals surface area contributed by atoms with Gasteiger partial charge in [-0.15, -0.1) is 0 Å². The molecule has 1 heterocycles. The van der Waals surface area contributed by atoms with Crippen molar-refractivity contribution in [1.29, 1.82) is 0 Å². The van der Waals surface area contributed by atoms with Crippen LogP contribution in [0.2, 0.25) is 5.02 Å². The van der Waals surface area contributed by atoms with Gasteiger partial charge in [-0.2, -0.15) is 0 Å². The van der Waals surface area contributed by atoms with Gasteiger partial charge in [0, 0.05) is 22.8 Å². The van der Waals surface area contributed by atoms with Crippen LogP contribution in [-0.4, -0.2) is 18.6 Å². The van der Waals surface area contributed by atoms with E-state index in [1.807, 2.05) is 18.2 Å². The largest absolute Gasteiger partial charge is 0.381 e. The van der Waals surface area contributed by atoms with Crippen LogP contribution in [0.1, 0.15) is 18.4 Å². The predicted molar refractivity (Wildman–Crippen MR) is 90.0 cm³/mol. The minimum Gasteiger partial charge on any atom is -0.381 e. The molecule has 0 amide bonds. The van der Waals surface area contributed by atoms with Crippen molar-refractivity contribution >= 4 is 17.3 Å². The van der Waals surface area contributed by atoms with Crippen LogP contribution in [0.15, 0.2) is 54.6 Å². The van der Waals surface area contributed by atoms with Gasteiger partial charge in [-0.05, 0) is 55.6 Å². The Hall–Kier alpha value is -1.51. The van der Waals surface area contributed by atoms with Gasteiger partial charge in [0.1, 0.15) is 0 Å². The number of para-hydroxylation sites is 1. The van der Waals surface area contributed by atoms with Crippen LogP contribution in [0.3, 0.4) is 0 Å². The number of anilines is 1. The van der Waals surface area contributed by atoms with E-state index in [1.54, 1.807) is 0 Å². The number of rotatable bonds is 4. The Morgan fingerprint density at radius 2 is 1.95 bits per heavy atom. The van der Waals surface area contributed by atoms with Crippen molar-refractivity contribution in [2.24, 2.45) is 0 Å². The first-order valence-electron chi connectivity index (χ1n) is 7.61. The molecule has 1 aliphatic heterocycles. The SMILES string of the molecule is Clc1cccc(C[C@@H]2NCCC[C@@H]2Nc2ccccc2)c1. The number of hydrogen-bond donors (Lipinski definition) is 2. The molecule has 0 unspecified atom stereocenters. The van der Waals surface area contributed by atoms with Gasteiger partial charge in [0.15, 0.2) is 0 Å². The Morgan fingerprint density at radius 1 is 1.10 bits per heavy atom. The van der Waals surface area contributed by atoms with Crippen LogP contribution in [0.4, 0.5) is 5.69 Å². The molecular weight excluding hydrogens is 280 g/mol. The summed E-state index contributed by atoms with van der Waals surface area (Å²) in [6.07, 6.45) is 3.43. The van der Waals surface area contributed by atoms with Crippen molar-refractivity contribution in [3.8, 4) is 0 Å². The van der Waals surface area contributed by atoms with Crippen molar-refractivity contribution in [3.63, 3.8) is 0 Å². The van der Waals surface area contributed by atoms with E-state index in [4.69, 9.17) is 11.6 Å². The molecule has 0 aromatic heterocycles. The minimum absolute atomic E-state index is 0.442. The molecule has 2 aromatic rings. The average molecular weight is 301 g/mol. The molecule has 0 bridgehead atoms. The molecule has 0 saturated carbocycles. The fourth-order valence-corrected chi connectivity index (χ4v) is 3.22. The summed E-state index contributed by atoms with van der Waals surface area (Å²) in [7, 11) is 0. The Balaban J connectivity index is 1.69. The van der Waals surface area contributed by atoms with Gasteiger partial charge in [0.25, 0.3) is 0 Å². The number of piperidine rings is 1. The maximum Gasteiger partial charge on any atom is 0.0418 e. The summed E-state index contributed by atoms with van der Waals surface area (Å²) < 4.78 is 0. The van der Waals surface area contributed by atoms with Crippen LogP contribution in [0.5, 0.6) is 0 Å². The maximum absolute atomic E-state index is 6.09. The second-order valence-corrected chi connectivity index (χ2v) is 6.09. The third-order valence-electron chi connectivity index (χ3n) is 4.05. The van der Waals surface area contributed by atoms with Crippen molar-refractivity contribution in [3.05, 3.63) is 65.2 Å². The molecule has 1 fully saturated rings. The lowest BCUT2D eigenvalue weighted by Crippen LogP contribution is -2.49. The van der Waals surface area contributed by atoms with Crippen LogP contribution >= 0.6 is 11.6 Å². The molecule has 2 N–H and O–H groups in total. The molecule has 0 radical (unpaired) electrons. The topological polar surface area (TPSA) is 24.1 Å². The van der Waals surface area contributed by atoms with E-state index in [0.717, 1.165) is 18.0 Å². The van der Waals surface area contributed by atoms with Gasteiger partial charge >= 0.3 is 0 Å². The lowest BCUT2D eigenvalue weighted by molar-refractivity contribution is 0.366. The minimum atomic E-state index is 0.442. The molecule has 1 aliphatic rings. The smallest absolute Gasteiger partial charge is 0.0418 e. The number of halogens is 1. The third-order valence-corrected chi connectivity index (χ3v) is 4.29. The van der Waals surface area contributed by atoms with Crippen molar-refractivity contribution in [2.75, 3.05) is 11.9 Å². The van der Waals surface area contributed by atoms with Gasteiger partial charge in [0.05, 0.1) is 0 Å². The fourth-order valence-electron chi connectivity index (χ4n) is 3.01. The number of nitrogens with one attached hydrogen (secondary N) is 2. The monoisotopic (exact) mass is 300 g/mol. The quantitative estimate of drug-likeness (QED) is 0.888. The van der Waals surface area contributed by atoms with Gasteiger partial charge in [0.2, 0.25) is 0 Å². The molecule has 3 heteroatoms. The van der Waals surface area contributed by atoms with Crippen LogP contribution < -0.4 is 10.6 Å². The second kappa shape index (κ2) is 6.97. The summed E-state index contributed by atoms with van der Waals surface area (Å²) in [5.41, 5.74) is 2.49. The lowest BCUT2D eigenvalue weighted by Gasteiger charge is -2.34. The first-order chi connectivity index (χ1) is 10.3. The summed E-state index contributed by atoms with van der Waals surface area (Å²) >= 11 is 6.09. The highest BCUT2D eigenvalue weighted by atomic mass is 35.5. The molecule has 0 aliphatic carbocycles. The zero-order valence-corrected chi connectivity index (χ0v) is 12.8. The fraction of sp³-hybridized carbons (Fsp3) is 0.333. The van der Waals surface area contributed by atoms with Crippen molar-refractivity contribution < 1.29 is 0 Å². The summed E-state index contributed by atoms with van der Waals surface area (Å²) in [6, 6.07) is 19.5. The molecule has 3 rings (SSSR count). The molecule has 110 valence electrons. The van der Waals surface area contributed by atoms with E-state index in [9.17, 15) is 0 Å². The third kappa shape index (κ3) is 3.99. The van der Waals surface area contributed by atoms with Gasteiger partial charge in [-0.3, -0.25) is 0 Å². The molecular formula is C18H21ClN2. The molecule has 0 spiro atoms. The van der Waals surface area contributed by atoms with Crippen LogP contribution in [0.25, 0.3) is 0 Å². The first-order valence-corrected chi connectivity index (χ1v) is 7.98. The average Bonchev–Trinajstić information content (AvgIpc) is 2.50. The molecule has 1 saturated heterocycles. The lowest BCUT2D eigenvalue weighted by atomic mass is 9.92. The van der Waals surface area contributed by atoms with Crippen LogP contribution in [-0.2, 0) is 6.42 Å². The molecule has 2 aromatic carbocycles. The summed E-state index contributed by atoms with van der Waals surface area (Å²) in [5, 5.41) is 8.14. The van der Waals surface area contributed by atoms with Crippen LogP contribution in [0, 0.1) is 0 Å².